The summed E-state index contributed by atoms with van der Waals surface area (Å²) >= 11 is 3.55. The first-order valence-electron chi connectivity index (χ1n) is 17.2. The van der Waals surface area contributed by atoms with Crippen molar-refractivity contribution in [3.8, 4) is 5.75 Å². The monoisotopic (exact) mass is 752 g/mol. The van der Waals surface area contributed by atoms with Crippen LogP contribution in [0.5, 0.6) is 5.75 Å². The fraction of sp³-hybridized carbons (Fsp3) is 0.706. The maximum Gasteiger partial charge on any atom is 0.407 e. The summed E-state index contributed by atoms with van der Waals surface area (Å²) in [5, 5.41) is 5.04. The average molecular weight is 754 g/mol. The molecule has 14 heteroatoms. The molecule has 0 aromatic heterocycles. The van der Waals surface area contributed by atoms with Crippen LogP contribution in [-0.4, -0.2) is 79.3 Å². The molecule has 0 radical (unpaired) electrons. The minimum Gasteiger partial charge on any atom is -0.488 e. The summed E-state index contributed by atoms with van der Waals surface area (Å²) < 4.78 is 40.3. The van der Waals surface area contributed by atoms with Crippen molar-refractivity contribution in [3.05, 3.63) is 28.2 Å². The Morgan fingerprint density at radius 1 is 1.10 bits per heavy atom. The zero-order valence-corrected chi connectivity index (χ0v) is 30.7. The Balaban J connectivity index is 1.44. The minimum atomic E-state index is -3.83. The standard InChI is InChI=1S/C34H49BrN4O8S/c1-5-22-19-34(22,31(42)38-48(44,45)25-14-15-25)37-29(40)26-18-24-20-39(26)30(41)28(33(2,3)4)36-32(43)46-16-10-8-6-7-9-11-21-12-13-23(35)17-27(21)47-24/h12-13,17,22,24-26,28H,5-11,14-16,18-20H2,1-4H3,(H,36,43)(H,37,40)(H,38,42)/t22-,24-,26+,28-,34-/m1/s1. The van der Waals surface area contributed by atoms with Gasteiger partial charge in [0.15, 0.2) is 0 Å². The number of ether oxygens (including phenoxy) is 2. The number of sulfonamides is 1. The van der Waals surface area contributed by atoms with Crippen LogP contribution >= 0.6 is 15.9 Å². The number of carbonyl (C=O) groups excluding carboxylic acids is 4. The van der Waals surface area contributed by atoms with E-state index in [2.05, 4.69) is 31.3 Å². The summed E-state index contributed by atoms with van der Waals surface area (Å²) in [5.74, 6) is -1.36. The number of rotatable bonds is 6. The number of aryl methyl sites for hydroxylation is 1. The zero-order valence-electron chi connectivity index (χ0n) is 28.3. The molecule has 12 nitrogen and oxygen atoms in total. The molecular weight excluding hydrogens is 704 g/mol. The first kappa shape index (κ1) is 36.4. The molecule has 48 heavy (non-hydrogen) atoms. The Morgan fingerprint density at radius 2 is 1.81 bits per heavy atom. The molecule has 2 aliphatic heterocycles. The summed E-state index contributed by atoms with van der Waals surface area (Å²) in [6.07, 6.45) is 6.10. The highest BCUT2D eigenvalue weighted by Crippen LogP contribution is 2.47. The quantitative estimate of drug-likeness (QED) is 0.387. The highest BCUT2D eigenvalue weighted by Gasteiger charge is 2.62. The fourth-order valence-electron chi connectivity index (χ4n) is 6.78. The van der Waals surface area contributed by atoms with E-state index in [4.69, 9.17) is 9.47 Å². The Hall–Kier alpha value is -2.87. The number of fused-ring (bicyclic) bond motifs is 3. The summed E-state index contributed by atoms with van der Waals surface area (Å²) in [7, 11) is -3.83. The lowest BCUT2D eigenvalue weighted by Crippen LogP contribution is -2.60. The van der Waals surface area contributed by atoms with Gasteiger partial charge < -0.3 is 25.0 Å². The van der Waals surface area contributed by atoms with Gasteiger partial charge in [-0.25, -0.2) is 13.2 Å². The Morgan fingerprint density at radius 3 is 2.48 bits per heavy atom. The molecule has 3 N–H and O–H groups in total. The molecule has 2 aliphatic carbocycles. The fourth-order valence-corrected chi connectivity index (χ4v) is 8.49. The molecule has 2 heterocycles. The molecule has 266 valence electrons. The number of nitrogens with one attached hydrogen (secondary N) is 3. The Labute approximate surface area is 292 Å². The number of hydrogen-bond acceptors (Lipinski definition) is 8. The second kappa shape index (κ2) is 14.5. The lowest BCUT2D eigenvalue weighted by Gasteiger charge is -2.35. The van der Waals surface area contributed by atoms with Crippen molar-refractivity contribution in [2.45, 2.75) is 127 Å². The normalized spacial score (nSPS) is 28.9. The first-order valence-corrected chi connectivity index (χ1v) is 19.6. The number of cyclic esters (lactones) is 1. The van der Waals surface area contributed by atoms with Gasteiger partial charge in [0.05, 0.1) is 18.4 Å². The van der Waals surface area contributed by atoms with E-state index in [9.17, 15) is 27.6 Å². The van der Waals surface area contributed by atoms with Gasteiger partial charge in [0.2, 0.25) is 21.8 Å². The maximum absolute atomic E-state index is 14.4. The molecule has 0 spiro atoms. The van der Waals surface area contributed by atoms with E-state index >= 15 is 0 Å². The van der Waals surface area contributed by atoms with Crippen LogP contribution in [0.3, 0.4) is 0 Å². The number of halogens is 1. The van der Waals surface area contributed by atoms with Gasteiger partial charge in [-0.2, -0.15) is 0 Å². The van der Waals surface area contributed by atoms with Crippen LogP contribution in [0.2, 0.25) is 0 Å². The van der Waals surface area contributed by atoms with Gasteiger partial charge in [0, 0.05) is 10.9 Å². The number of nitrogens with zero attached hydrogens (tertiary/aromatic N) is 1. The first-order chi connectivity index (χ1) is 22.6. The lowest BCUT2D eigenvalue weighted by atomic mass is 9.85. The highest BCUT2D eigenvalue weighted by molar-refractivity contribution is 9.10. The SMILES string of the molecule is CC[C@@H]1C[C@]1(NC(=O)[C@@H]1C[C@@H]2CN1C(=O)[C@H](C(C)(C)C)NC(=O)OCCCCCCCc1ccc(Br)cc1O2)C(=O)NS(=O)(=O)C1CC1. The molecule has 4 aliphatic rings. The minimum absolute atomic E-state index is 0.0681. The molecule has 3 fully saturated rings. The predicted octanol–water partition coefficient (Wildman–Crippen LogP) is 4.34. The van der Waals surface area contributed by atoms with Crippen LogP contribution in [0.25, 0.3) is 0 Å². The molecule has 4 amide bonds. The molecule has 1 aromatic rings. The van der Waals surface area contributed by atoms with E-state index in [1.807, 2.05) is 45.9 Å². The third kappa shape index (κ3) is 8.46. The van der Waals surface area contributed by atoms with E-state index in [0.29, 0.717) is 37.9 Å². The van der Waals surface area contributed by atoms with Gasteiger partial charge in [-0.15, -0.1) is 0 Å². The second-order valence-electron chi connectivity index (χ2n) is 14.8. The molecule has 0 unspecified atom stereocenters. The molecule has 5 atom stereocenters. The molecule has 2 bridgehead atoms. The van der Waals surface area contributed by atoms with Gasteiger partial charge in [0.1, 0.15) is 29.5 Å². The second-order valence-corrected chi connectivity index (χ2v) is 17.7. The highest BCUT2D eigenvalue weighted by atomic mass is 79.9. The van der Waals surface area contributed by atoms with E-state index in [-0.39, 0.29) is 25.5 Å². The average Bonchev–Trinajstić information content (AvgIpc) is 3.94. The van der Waals surface area contributed by atoms with Crippen molar-refractivity contribution in [2.75, 3.05) is 13.2 Å². The maximum atomic E-state index is 14.4. The van der Waals surface area contributed by atoms with Crippen LogP contribution < -0.4 is 20.1 Å². The number of carbonyl (C=O) groups is 4. The summed E-state index contributed by atoms with van der Waals surface area (Å²) in [5.41, 5.74) is -1.10. The van der Waals surface area contributed by atoms with Crippen LogP contribution in [-0.2, 0) is 35.6 Å². The van der Waals surface area contributed by atoms with Crippen molar-refractivity contribution >= 4 is 49.8 Å². The predicted molar refractivity (Wildman–Crippen MR) is 183 cm³/mol. The van der Waals surface area contributed by atoms with Crippen molar-refractivity contribution in [1.82, 2.24) is 20.3 Å². The third-order valence-corrected chi connectivity index (χ3v) is 12.2. The number of benzene rings is 1. The van der Waals surface area contributed by atoms with Crippen molar-refractivity contribution in [1.29, 1.82) is 0 Å². The van der Waals surface area contributed by atoms with E-state index < -0.39 is 68.2 Å². The van der Waals surface area contributed by atoms with Gasteiger partial charge in [0.25, 0.3) is 5.91 Å². The summed E-state index contributed by atoms with van der Waals surface area (Å²) in [4.78, 5) is 56.3. The lowest BCUT2D eigenvalue weighted by molar-refractivity contribution is -0.142. The van der Waals surface area contributed by atoms with E-state index in [1.54, 1.807) is 0 Å². The summed E-state index contributed by atoms with van der Waals surface area (Å²) in [6.45, 7) is 7.65. The van der Waals surface area contributed by atoms with Gasteiger partial charge in [-0.1, -0.05) is 75.4 Å². The van der Waals surface area contributed by atoms with Gasteiger partial charge >= 0.3 is 6.09 Å². The van der Waals surface area contributed by atoms with Crippen molar-refractivity contribution in [3.63, 3.8) is 0 Å². The van der Waals surface area contributed by atoms with Gasteiger partial charge in [-0.05, 0) is 67.6 Å². The molecule has 1 aromatic carbocycles. The molecule has 5 rings (SSSR count). The molecule has 2 saturated carbocycles. The number of hydrogen-bond donors (Lipinski definition) is 3. The van der Waals surface area contributed by atoms with Gasteiger partial charge in [-0.3, -0.25) is 19.1 Å². The smallest absolute Gasteiger partial charge is 0.407 e. The van der Waals surface area contributed by atoms with Crippen molar-refractivity contribution < 1.29 is 37.1 Å². The van der Waals surface area contributed by atoms with Crippen LogP contribution in [0.15, 0.2) is 22.7 Å². The van der Waals surface area contributed by atoms with E-state index in [1.165, 1.54) is 4.90 Å². The third-order valence-electron chi connectivity index (χ3n) is 9.92. The Bertz CT molecular complexity index is 1510. The summed E-state index contributed by atoms with van der Waals surface area (Å²) in [6, 6.07) is 3.83. The number of amides is 4. The topological polar surface area (TPSA) is 160 Å². The molecular formula is C34H49BrN4O8S. The number of alkyl carbamates (subject to hydrolysis) is 1. The van der Waals surface area contributed by atoms with E-state index in [0.717, 1.165) is 42.1 Å². The van der Waals surface area contributed by atoms with Crippen LogP contribution in [0.1, 0.15) is 97.5 Å². The molecule has 1 saturated heterocycles. The van der Waals surface area contributed by atoms with Crippen LogP contribution in [0.4, 0.5) is 4.79 Å². The Kier molecular flexibility index (Phi) is 11.0. The largest absolute Gasteiger partial charge is 0.488 e. The zero-order chi connectivity index (χ0) is 34.9. The van der Waals surface area contributed by atoms with Crippen molar-refractivity contribution in [2.24, 2.45) is 11.3 Å². The van der Waals surface area contributed by atoms with Crippen LogP contribution in [0, 0.1) is 11.3 Å².